The van der Waals surface area contributed by atoms with Gasteiger partial charge < -0.3 is 15.0 Å². The lowest BCUT2D eigenvalue weighted by Gasteiger charge is -2.29. The Morgan fingerprint density at radius 1 is 1.08 bits per heavy atom. The maximum absolute atomic E-state index is 12.3. The first-order valence-corrected chi connectivity index (χ1v) is 9.02. The first-order chi connectivity index (χ1) is 12.6. The Morgan fingerprint density at radius 2 is 1.73 bits per heavy atom. The summed E-state index contributed by atoms with van der Waals surface area (Å²) in [7, 11) is 1.39. The van der Waals surface area contributed by atoms with E-state index in [0.29, 0.717) is 37.5 Å². The van der Waals surface area contributed by atoms with Crippen LogP contribution in [-0.4, -0.2) is 48.9 Å². The van der Waals surface area contributed by atoms with E-state index in [2.05, 4.69) is 5.32 Å². The summed E-state index contributed by atoms with van der Waals surface area (Å²) in [5.41, 5.74) is 1.50. The van der Waals surface area contributed by atoms with Crippen molar-refractivity contribution in [2.75, 3.05) is 20.2 Å². The Labute approximate surface area is 153 Å². The Bertz CT molecular complexity index is 699. The Hall–Kier alpha value is -2.63. The summed E-state index contributed by atoms with van der Waals surface area (Å²) in [5.74, 6) is -0.419. The lowest BCUT2D eigenvalue weighted by atomic mass is 9.97. The molecule has 3 rings (SSSR count). The van der Waals surface area contributed by atoms with Crippen LogP contribution in [-0.2, 0) is 14.3 Å². The monoisotopic (exact) mass is 356 g/mol. The van der Waals surface area contributed by atoms with E-state index in [1.54, 1.807) is 23.1 Å². The second-order valence-corrected chi connectivity index (χ2v) is 6.83. The van der Waals surface area contributed by atoms with Crippen molar-refractivity contribution in [2.45, 2.75) is 31.7 Å². The van der Waals surface area contributed by atoms with Crippen LogP contribution in [0.2, 0.25) is 0 Å². The molecule has 26 heavy (non-hydrogen) atoms. The van der Waals surface area contributed by atoms with Crippen LogP contribution < -0.4 is 5.32 Å². The molecule has 2 fully saturated rings. The van der Waals surface area contributed by atoms with E-state index < -0.39 is 0 Å². The molecule has 138 valence electrons. The average Bonchev–Trinajstić information content (AvgIpc) is 3.50. The minimum absolute atomic E-state index is 0.0485. The number of hydrogen-bond acceptors (Lipinski definition) is 4. The predicted octanol–water partition coefficient (Wildman–Crippen LogP) is 2.00. The third-order valence-electron chi connectivity index (χ3n) is 4.84. The number of nitrogens with zero attached hydrogens (tertiary/aromatic N) is 1. The minimum atomic E-state index is -0.196. The molecule has 0 unspecified atom stereocenters. The maximum Gasteiger partial charge on any atom is 0.308 e. The smallest absolute Gasteiger partial charge is 0.308 e. The second-order valence-electron chi connectivity index (χ2n) is 6.83. The van der Waals surface area contributed by atoms with Crippen molar-refractivity contribution in [3.05, 3.63) is 41.5 Å². The Balaban J connectivity index is 1.50. The number of carbonyl (C=O) groups is 3. The van der Waals surface area contributed by atoms with Crippen LogP contribution in [0.3, 0.4) is 0 Å². The molecule has 1 aliphatic carbocycles. The van der Waals surface area contributed by atoms with Gasteiger partial charge in [0.1, 0.15) is 0 Å². The van der Waals surface area contributed by atoms with Crippen LogP contribution in [0.4, 0.5) is 0 Å². The molecular formula is C20H24N2O4. The number of likely N-dealkylation sites (tertiary alicyclic amines) is 1. The molecule has 1 saturated carbocycles. The number of benzene rings is 1. The highest BCUT2D eigenvalue weighted by Crippen LogP contribution is 2.20. The van der Waals surface area contributed by atoms with Crippen molar-refractivity contribution in [3.8, 4) is 0 Å². The lowest BCUT2D eigenvalue weighted by molar-refractivity contribution is -0.148. The summed E-state index contributed by atoms with van der Waals surface area (Å²) < 4.78 is 4.76. The number of amides is 2. The summed E-state index contributed by atoms with van der Waals surface area (Å²) in [6.45, 7) is 1.12. The van der Waals surface area contributed by atoms with Crippen molar-refractivity contribution in [2.24, 2.45) is 5.92 Å². The minimum Gasteiger partial charge on any atom is -0.469 e. The third kappa shape index (κ3) is 4.71. The van der Waals surface area contributed by atoms with Gasteiger partial charge in [-0.15, -0.1) is 0 Å². The molecule has 6 heteroatoms. The van der Waals surface area contributed by atoms with E-state index in [-0.39, 0.29) is 23.7 Å². The van der Waals surface area contributed by atoms with Crippen LogP contribution in [0.15, 0.2) is 30.3 Å². The molecule has 0 bridgehead atoms. The van der Waals surface area contributed by atoms with Crippen molar-refractivity contribution in [1.82, 2.24) is 10.2 Å². The zero-order valence-electron chi connectivity index (χ0n) is 14.9. The molecule has 1 aromatic rings. The first kappa shape index (κ1) is 18.2. The zero-order chi connectivity index (χ0) is 18.5. The molecule has 6 nitrogen and oxygen atoms in total. The van der Waals surface area contributed by atoms with Crippen molar-refractivity contribution >= 4 is 23.9 Å². The largest absolute Gasteiger partial charge is 0.469 e. The maximum atomic E-state index is 12.3. The number of esters is 1. The number of rotatable bonds is 5. The number of piperidine rings is 1. The number of nitrogens with one attached hydrogen (secondary N) is 1. The molecule has 1 aliphatic heterocycles. The van der Waals surface area contributed by atoms with Crippen molar-refractivity contribution in [1.29, 1.82) is 0 Å². The van der Waals surface area contributed by atoms with Gasteiger partial charge in [-0.3, -0.25) is 14.4 Å². The molecule has 1 saturated heterocycles. The summed E-state index contributed by atoms with van der Waals surface area (Å²) in [6, 6.07) is 7.53. The molecular weight excluding hydrogens is 332 g/mol. The topological polar surface area (TPSA) is 75.7 Å². The van der Waals surface area contributed by atoms with E-state index in [1.807, 2.05) is 12.1 Å². The summed E-state index contributed by atoms with van der Waals surface area (Å²) >= 11 is 0. The molecule has 1 N–H and O–H groups in total. The first-order valence-electron chi connectivity index (χ1n) is 9.02. The number of carbonyl (C=O) groups excluding carboxylic acids is 3. The third-order valence-corrected chi connectivity index (χ3v) is 4.84. The predicted molar refractivity (Wildman–Crippen MR) is 97.3 cm³/mol. The van der Waals surface area contributed by atoms with E-state index in [4.69, 9.17) is 4.74 Å². The van der Waals surface area contributed by atoms with Gasteiger partial charge in [-0.2, -0.15) is 0 Å². The van der Waals surface area contributed by atoms with Crippen LogP contribution in [0.25, 0.3) is 6.08 Å². The number of hydrogen-bond donors (Lipinski definition) is 1. The normalized spacial score (nSPS) is 18.0. The molecule has 0 atom stereocenters. The van der Waals surface area contributed by atoms with E-state index >= 15 is 0 Å². The van der Waals surface area contributed by atoms with E-state index in [9.17, 15) is 14.4 Å². The SMILES string of the molecule is COC(=O)C1CCN(C(=O)/C=C/c2ccc(C(=O)NC3CC3)cc2)CC1. The highest BCUT2D eigenvalue weighted by atomic mass is 16.5. The van der Waals surface area contributed by atoms with E-state index in [1.165, 1.54) is 13.2 Å². The van der Waals surface area contributed by atoms with Gasteiger partial charge in [0.15, 0.2) is 0 Å². The van der Waals surface area contributed by atoms with Gasteiger partial charge in [0.05, 0.1) is 13.0 Å². The van der Waals surface area contributed by atoms with Crippen molar-refractivity contribution in [3.63, 3.8) is 0 Å². The molecule has 1 heterocycles. The van der Waals surface area contributed by atoms with Gasteiger partial charge >= 0.3 is 5.97 Å². The summed E-state index contributed by atoms with van der Waals surface area (Å²) in [4.78, 5) is 37.5. The van der Waals surface area contributed by atoms with Gasteiger partial charge in [-0.05, 0) is 49.5 Å². The number of ether oxygens (including phenoxy) is 1. The average molecular weight is 356 g/mol. The highest BCUT2D eigenvalue weighted by molar-refractivity contribution is 5.95. The fraction of sp³-hybridized carbons (Fsp3) is 0.450. The van der Waals surface area contributed by atoms with Gasteiger partial charge in [0.2, 0.25) is 5.91 Å². The highest BCUT2D eigenvalue weighted by Gasteiger charge is 2.27. The quantitative estimate of drug-likeness (QED) is 0.647. The van der Waals surface area contributed by atoms with Gasteiger partial charge in [-0.1, -0.05) is 12.1 Å². The molecule has 2 aliphatic rings. The molecule has 0 radical (unpaired) electrons. The second kappa shape index (κ2) is 8.17. The van der Waals surface area contributed by atoms with Crippen LogP contribution >= 0.6 is 0 Å². The molecule has 1 aromatic carbocycles. The van der Waals surface area contributed by atoms with Crippen LogP contribution in [0.1, 0.15) is 41.6 Å². The van der Waals surface area contributed by atoms with Gasteiger partial charge in [-0.25, -0.2) is 0 Å². The van der Waals surface area contributed by atoms with Gasteiger partial charge in [0.25, 0.3) is 5.91 Å². The molecule has 2 amide bonds. The number of methoxy groups -OCH3 is 1. The van der Waals surface area contributed by atoms with Crippen LogP contribution in [0.5, 0.6) is 0 Å². The lowest BCUT2D eigenvalue weighted by Crippen LogP contribution is -2.39. The zero-order valence-corrected chi connectivity index (χ0v) is 14.9. The molecule has 0 spiro atoms. The van der Waals surface area contributed by atoms with Crippen molar-refractivity contribution < 1.29 is 19.1 Å². The summed E-state index contributed by atoms with van der Waals surface area (Å²) in [5, 5.41) is 2.95. The van der Waals surface area contributed by atoms with Gasteiger partial charge in [0, 0.05) is 30.8 Å². The fourth-order valence-electron chi connectivity index (χ4n) is 3.02. The van der Waals surface area contributed by atoms with E-state index in [0.717, 1.165) is 18.4 Å². The fourth-order valence-corrected chi connectivity index (χ4v) is 3.02. The van der Waals surface area contributed by atoms with Crippen LogP contribution in [0, 0.1) is 5.92 Å². The molecule has 0 aromatic heterocycles. The Morgan fingerprint density at radius 3 is 2.31 bits per heavy atom. The standard InChI is InChI=1S/C20H24N2O4/c1-26-20(25)16-10-12-22(13-11-16)18(23)9-4-14-2-5-15(6-3-14)19(24)21-17-7-8-17/h2-6,9,16-17H,7-8,10-13H2,1H3,(H,21,24)/b9-4+. The Kier molecular flexibility index (Phi) is 5.71. The summed E-state index contributed by atoms with van der Waals surface area (Å²) in [6.07, 6.45) is 6.68.